The Hall–Kier alpha value is -1.71. The van der Waals surface area contributed by atoms with E-state index in [1.54, 1.807) is 0 Å². The molecule has 2 aromatic rings. The van der Waals surface area contributed by atoms with E-state index in [9.17, 15) is 29.0 Å². The number of anilines is 1. The van der Waals surface area contributed by atoms with Gasteiger partial charge in [0.15, 0.2) is 23.2 Å². The first-order valence-corrected chi connectivity index (χ1v) is 16.5. The Kier molecular flexibility index (Phi) is 8.08. The van der Waals surface area contributed by atoms with Crippen LogP contribution in [0.3, 0.4) is 0 Å². The normalized spacial score (nSPS) is 32.3. The molecule has 0 aromatic carbocycles. The van der Waals surface area contributed by atoms with E-state index in [4.69, 9.17) is 30.9 Å². The highest BCUT2D eigenvalue weighted by atomic mass is 35.5. The monoisotopic (exact) mass is 610 g/mol. The van der Waals surface area contributed by atoms with Gasteiger partial charge in [0, 0.05) is 12.7 Å². The van der Waals surface area contributed by atoms with E-state index < -0.39 is 57.7 Å². The Morgan fingerprint density at radius 3 is 2.54 bits per heavy atom. The molecule has 6 rings (SSSR count). The van der Waals surface area contributed by atoms with Crippen molar-refractivity contribution in [2.45, 2.75) is 49.9 Å². The Morgan fingerprint density at radius 2 is 1.90 bits per heavy atom. The number of carbonyl (C=O) groups is 1. The third-order valence-corrected chi connectivity index (χ3v) is 11.6. The molecule has 4 unspecified atom stereocenters. The number of nitrogens with one attached hydrogen (secondary N) is 1. The van der Waals surface area contributed by atoms with Crippen molar-refractivity contribution in [3.05, 3.63) is 11.6 Å². The average Bonchev–Trinajstić information content (AvgIpc) is 3.38. The zero-order valence-electron chi connectivity index (χ0n) is 20.5. The van der Waals surface area contributed by atoms with E-state index in [1.807, 2.05) is 0 Å². The molecule has 4 aliphatic rings. The molecule has 4 aliphatic heterocycles. The summed E-state index contributed by atoms with van der Waals surface area (Å²) in [5.41, 5.74) is 0.180. The van der Waals surface area contributed by atoms with Gasteiger partial charge in [-0.05, 0) is 49.9 Å². The van der Waals surface area contributed by atoms with Crippen LogP contribution in [-0.4, -0.2) is 112 Å². The first kappa shape index (κ1) is 28.8. The predicted octanol–water partition coefficient (Wildman–Crippen LogP) is 0.537. The molecule has 2 bridgehead atoms. The number of amides is 1. The first-order chi connectivity index (χ1) is 18.3. The minimum Gasteiger partial charge on any atom is -0.444 e. The van der Waals surface area contributed by atoms with Crippen LogP contribution in [0.4, 0.5) is 10.6 Å². The van der Waals surface area contributed by atoms with Gasteiger partial charge < -0.3 is 34.4 Å². The summed E-state index contributed by atoms with van der Waals surface area (Å²) in [5, 5.41) is 23.4. The van der Waals surface area contributed by atoms with Crippen molar-refractivity contribution >= 4 is 49.6 Å². The van der Waals surface area contributed by atoms with Gasteiger partial charge in [-0.2, -0.15) is 9.97 Å². The van der Waals surface area contributed by atoms with Gasteiger partial charge >= 0.3 is 13.7 Å². The molecule has 4 saturated heterocycles. The summed E-state index contributed by atoms with van der Waals surface area (Å²) in [4.78, 5) is 55.2. The molecule has 6 N–H and O–H groups in total. The van der Waals surface area contributed by atoms with Crippen molar-refractivity contribution in [2.24, 2.45) is 5.92 Å². The molecular weight excluding hydrogens is 582 g/mol. The number of fused-ring (bicyclic) bond motifs is 4. The molecule has 19 heteroatoms. The minimum atomic E-state index is -4.73. The van der Waals surface area contributed by atoms with Crippen LogP contribution in [0.5, 0.6) is 0 Å². The lowest BCUT2D eigenvalue weighted by atomic mass is 9.86. The Labute approximate surface area is 226 Å². The van der Waals surface area contributed by atoms with Crippen LogP contribution in [0.2, 0.25) is 5.28 Å². The summed E-state index contributed by atoms with van der Waals surface area (Å²) in [7, 11) is -8.96. The second-order valence-electron chi connectivity index (χ2n) is 10.1. The Balaban J connectivity index is 1.29. The number of nitrogens with zero attached hydrogens (tertiary/aromatic N) is 5. The van der Waals surface area contributed by atoms with Crippen molar-refractivity contribution in [3.8, 4) is 0 Å². The standard InChI is InChI=1S/C20H29ClN6O10P2/c21-19-23-16(24-20(30)37-12-7-26-4-1-10(12)2-5-26)13-17(25-19)27(8-22-13)18-15(29)14(28)11(36-18)3-6-38(31,32)9-39(33,34)35/h8,10-12,14-15,18,28-29H,1-7,9H2,(H,31,32)(H2,33,34,35)(H,23,24,25,30)/t11-,12?,14?,15?,18-/m1/s1. The molecule has 0 saturated carbocycles. The molecule has 4 fully saturated rings. The number of aliphatic hydroxyl groups excluding tert-OH is 2. The van der Waals surface area contributed by atoms with Crippen molar-refractivity contribution in [3.63, 3.8) is 0 Å². The molecule has 1 amide bonds. The number of aliphatic hydroxyl groups is 2. The van der Waals surface area contributed by atoms with Gasteiger partial charge in [-0.15, -0.1) is 0 Å². The minimum absolute atomic E-state index is 0.0294. The summed E-state index contributed by atoms with van der Waals surface area (Å²) in [6, 6.07) is 0. The third kappa shape index (κ3) is 6.46. The molecule has 0 aliphatic carbocycles. The highest BCUT2D eigenvalue weighted by Gasteiger charge is 2.45. The second kappa shape index (κ2) is 10.9. The average molecular weight is 611 g/mol. The lowest BCUT2D eigenvalue weighted by Crippen LogP contribution is -2.52. The third-order valence-electron chi connectivity index (χ3n) is 7.25. The van der Waals surface area contributed by atoms with Gasteiger partial charge in [-0.1, -0.05) is 0 Å². The SMILES string of the molecule is O=C(Nc1nc(Cl)nc2c1ncn2[C@@H]1O[C@H](CCP(=O)(O)CP(=O)(O)O)C(O)C1O)OC1CN2CCC1CC2. The molecule has 16 nitrogen and oxygen atoms in total. The smallest absolute Gasteiger partial charge is 0.413 e. The lowest BCUT2D eigenvalue weighted by molar-refractivity contribution is -0.0354. The van der Waals surface area contributed by atoms with Gasteiger partial charge in [0.25, 0.3) is 0 Å². The molecule has 216 valence electrons. The van der Waals surface area contributed by atoms with Gasteiger partial charge in [0.05, 0.1) is 12.4 Å². The van der Waals surface area contributed by atoms with Crippen LogP contribution in [0, 0.1) is 5.92 Å². The van der Waals surface area contributed by atoms with Gasteiger partial charge in [-0.3, -0.25) is 23.9 Å². The fourth-order valence-corrected chi connectivity index (χ4v) is 9.05. The lowest BCUT2D eigenvalue weighted by Gasteiger charge is -2.43. The molecular formula is C20H29ClN6O10P2. The van der Waals surface area contributed by atoms with Gasteiger partial charge in [0.2, 0.25) is 12.7 Å². The van der Waals surface area contributed by atoms with Gasteiger partial charge in [0.1, 0.15) is 24.2 Å². The van der Waals surface area contributed by atoms with E-state index in [0.717, 1.165) is 25.9 Å². The Bertz CT molecular complexity index is 1330. The number of halogens is 1. The fraction of sp³-hybridized carbons (Fsp3) is 0.700. The number of hydrogen-bond acceptors (Lipinski definition) is 11. The highest BCUT2D eigenvalue weighted by Crippen LogP contribution is 2.55. The van der Waals surface area contributed by atoms with Crippen molar-refractivity contribution in [1.82, 2.24) is 24.4 Å². The summed E-state index contributed by atoms with van der Waals surface area (Å²) in [6.45, 7) is 2.64. The number of carbonyl (C=O) groups excluding carboxylic acids is 1. The fourth-order valence-electron chi connectivity index (χ4n) is 5.36. The van der Waals surface area contributed by atoms with Crippen LogP contribution in [0.1, 0.15) is 25.5 Å². The molecule has 6 heterocycles. The van der Waals surface area contributed by atoms with Crippen LogP contribution in [0.15, 0.2) is 6.33 Å². The van der Waals surface area contributed by atoms with Crippen molar-refractivity contribution in [1.29, 1.82) is 0 Å². The van der Waals surface area contributed by atoms with E-state index in [0.29, 0.717) is 12.5 Å². The molecule has 2 aromatic heterocycles. The van der Waals surface area contributed by atoms with Crippen LogP contribution in [-0.2, 0) is 18.6 Å². The van der Waals surface area contributed by atoms with Crippen molar-refractivity contribution < 1.29 is 48.3 Å². The maximum Gasteiger partial charge on any atom is 0.413 e. The number of aromatic nitrogens is 4. The Morgan fingerprint density at radius 1 is 1.18 bits per heavy atom. The summed E-state index contributed by atoms with van der Waals surface area (Å²) >= 11 is 6.10. The molecule has 6 atom stereocenters. The second-order valence-corrected chi connectivity index (χ2v) is 15.0. The number of ether oxygens (including phenoxy) is 2. The largest absolute Gasteiger partial charge is 0.444 e. The van der Waals surface area contributed by atoms with Crippen LogP contribution >= 0.6 is 26.6 Å². The highest BCUT2D eigenvalue weighted by molar-refractivity contribution is 7.72. The summed E-state index contributed by atoms with van der Waals surface area (Å²) in [6.07, 6.45) is -4.00. The quantitative estimate of drug-likeness (QED) is 0.177. The number of rotatable bonds is 8. The van der Waals surface area contributed by atoms with E-state index in [-0.39, 0.29) is 34.8 Å². The number of piperidine rings is 3. The number of hydrogen-bond donors (Lipinski definition) is 6. The summed E-state index contributed by atoms with van der Waals surface area (Å²) < 4.78 is 35.9. The molecule has 0 spiro atoms. The molecule has 0 radical (unpaired) electrons. The van der Waals surface area contributed by atoms with E-state index in [1.165, 1.54) is 10.9 Å². The predicted molar refractivity (Wildman–Crippen MR) is 136 cm³/mol. The van der Waals surface area contributed by atoms with Crippen LogP contribution < -0.4 is 5.32 Å². The zero-order chi connectivity index (χ0) is 28.1. The first-order valence-electron chi connectivity index (χ1n) is 12.3. The topological polar surface area (TPSA) is 230 Å². The number of imidazole rings is 1. The maximum atomic E-state index is 12.7. The van der Waals surface area contributed by atoms with E-state index in [2.05, 4.69) is 25.2 Å². The maximum absolute atomic E-state index is 12.7. The van der Waals surface area contributed by atoms with Crippen LogP contribution in [0.25, 0.3) is 11.2 Å². The van der Waals surface area contributed by atoms with Crippen molar-refractivity contribution in [2.75, 3.05) is 37.0 Å². The zero-order valence-corrected chi connectivity index (χ0v) is 23.0. The van der Waals surface area contributed by atoms with E-state index >= 15 is 0 Å². The molecule has 39 heavy (non-hydrogen) atoms. The summed E-state index contributed by atoms with van der Waals surface area (Å²) in [5.74, 6) is -0.932. The van der Waals surface area contributed by atoms with Gasteiger partial charge in [-0.25, -0.2) is 9.78 Å².